The molecule has 1 N–H and O–H groups in total. The number of nitrogens with one attached hydrogen (secondary N) is 1. The molecule has 2 amide bonds. The molecule has 0 radical (unpaired) electrons. The standard InChI is InChI=1S/C17H17N3O3/c21-16-15(12-13-4-2-1-3-5-13)20(11-8-18-16)17(22)14-6-9-19(23)10-7-14/h1-7,9-10,15H,8,11-12H2,(H,18,21)/t15-/m0/s1. The number of piperazine rings is 1. The molecule has 6 nitrogen and oxygen atoms in total. The molecular formula is C17H17N3O3. The highest BCUT2D eigenvalue weighted by molar-refractivity contribution is 5.98. The smallest absolute Gasteiger partial charge is 0.255 e. The SMILES string of the molecule is O=C1NCCN(C(=O)c2cc[n+]([O-])cc2)[C@H]1Cc1ccccc1. The van der Waals surface area contributed by atoms with E-state index in [0.717, 1.165) is 5.56 Å². The zero-order valence-corrected chi connectivity index (χ0v) is 12.5. The first-order valence-corrected chi connectivity index (χ1v) is 7.46. The molecule has 1 aromatic carbocycles. The summed E-state index contributed by atoms with van der Waals surface area (Å²) < 4.78 is 0.626. The van der Waals surface area contributed by atoms with Crippen molar-refractivity contribution in [3.8, 4) is 0 Å². The van der Waals surface area contributed by atoms with Crippen LogP contribution in [0.5, 0.6) is 0 Å². The van der Waals surface area contributed by atoms with E-state index in [9.17, 15) is 14.8 Å². The summed E-state index contributed by atoms with van der Waals surface area (Å²) in [5, 5.41) is 13.9. The van der Waals surface area contributed by atoms with E-state index in [4.69, 9.17) is 0 Å². The second kappa shape index (κ2) is 6.48. The number of carbonyl (C=O) groups is 2. The maximum Gasteiger partial charge on any atom is 0.255 e. The van der Waals surface area contributed by atoms with Gasteiger partial charge in [0.25, 0.3) is 5.91 Å². The molecule has 118 valence electrons. The third kappa shape index (κ3) is 3.31. The molecule has 1 aliphatic heterocycles. The van der Waals surface area contributed by atoms with Crippen LogP contribution < -0.4 is 10.0 Å². The largest absolute Gasteiger partial charge is 0.619 e. The van der Waals surface area contributed by atoms with Gasteiger partial charge in [-0.3, -0.25) is 9.59 Å². The van der Waals surface area contributed by atoms with Crippen LogP contribution in [-0.2, 0) is 11.2 Å². The number of pyridine rings is 1. The highest BCUT2D eigenvalue weighted by Crippen LogP contribution is 2.15. The predicted molar refractivity (Wildman–Crippen MR) is 83.4 cm³/mol. The van der Waals surface area contributed by atoms with E-state index < -0.39 is 6.04 Å². The van der Waals surface area contributed by atoms with Crippen LogP contribution in [0.15, 0.2) is 54.9 Å². The number of carbonyl (C=O) groups excluding carboxylic acids is 2. The summed E-state index contributed by atoms with van der Waals surface area (Å²) in [6.07, 6.45) is 3.03. The minimum Gasteiger partial charge on any atom is -0.619 e. The Morgan fingerprint density at radius 3 is 2.61 bits per heavy atom. The van der Waals surface area contributed by atoms with E-state index in [1.165, 1.54) is 24.5 Å². The van der Waals surface area contributed by atoms with Gasteiger partial charge in [0.2, 0.25) is 5.91 Å². The highest BCUT2D eigenvalue weighted by atomic mass is 16.5. The molecule has 0 saturated carbocycles. The van der Waals surface area contributed by atoms with Gasteiger partial charge in [-0.25, -0.2) is 0 Å². The maximum atomic E-state index is 12.7. The minimum atomic E-state index is -0.543. The molecule has 2 aromatic rings. The number of rotatable bonds is 3. The molecule has 0 aliphatic carbocycles. The van der Waals surface area contributed by atoms with Gasteiger partial charge in [0.05, 0.1) is 5.56 Å². The number of nitrogens with zero attached hydrogens (tertiary/aromatic N) is 2. The molecule has 3 rings (SSSR count). The van der Waals surface area contributed by atoms with E-state index in [1.807, 2.05) is 30.3 Å². The molecule has 1 fully saturated rings. The summed E-state index contributed by atoms with van der Waals surface area (Å²) in [5.74, 6) is -0.385. The predicted octanol–water partition coefficient (Wildman–Crippen LogP) is 0.503. The van der Waals surface area contributed by atoms with Crippen molar-refractivity contribution in [2.24, 2.45) is 0 Å². The number of hydrogen-bond donors (Lipinski definition) is 1. The molecule has 6 heteroatoms. The summed E-state index contributed by atoms with van der Waals surface area (Å²) in [6.45, 7) is 0.887. The normalized spacial score (nSPS) is 17.7. The first-order valence-electron chi connectivity index (χ1n) is 7.46. The van der Waals surface area contributed by atoms with Crippen LogP contribution in [-0.4, -0.2) is 35.8 Å². The summed E-state index contributed by atoms with van der Waals surface area (Å²) in [5.41, 5.74) is 1.41. The van der Waals surface area contributed by atoms with Gasteiger partial charge in [-0.1, -0.05) is 30.3 Å². The fourth-order valence-electron chi connectivity index (χ4n) is 2.72. The van der Waals surface area contributed by atoms with Gasteiger partial charge in [0, 0.05) is 31.6 Å². The van der Waals surface area contributed by atoms with E-state index >= 15 is 0 Å². The average molecular weight is 311 g/mol. The Hall–Kier alpha value is -2.89. The van der Waals surface area contributed by atoms with Gasteiger partial charge < -0.3 is 15.4 Å². The lowest BCUT2D eigenvalue weighted by molar-refractivity contribution is -0.605. The monoisotopic (exact) mass is 311 g/mol. The fourth-order valence-corrected chi connectivity index (χ4v) is 2.72. The zero-order valence-electron chi connectivity index (χ0n) is 12.5. The summed E-state index contributed by atoms with van der Waals surface area (Å²) in [7, 11) is 0. The summed E-state index contributed by atoms with van der Waals surface area (Å²) >= 11 is 0. The third-order valence-corrected chi connectivity index (χ3v) is 3.91. The molecule has 1 aliphatic rings. The van der Waals surface area contributed by atoms with Crippen LogP contribution in [0.3, 0.4) is 0 Å². The van der Waals surface area contributed by atoms with Crippen LogP contribution in [0, 0.1) is 5.21 Å². The van der Waals surface area contributed by atoms with Crippen molar-refractivity contribution in [1.29, 1.82) is 0 Å². The highest BCUT2D eigenvalue weighted by Gasteiger charge is 2.33. The van der Waals surface area contributed by atoms with Crippen molar-refractivity contribution < 1.29 is 14.3 Å². The quantitative estimate of drug-likeness (QED) is 0.662. The zero-order chi connectivity index (χ0) is 16.2. The molecular weight excluding hydrogens is 294 g/mol. The Labute approximate surface area is 133 Å². The van der Waals surface area contributed by atoms with Gasteiger partial charge >= 0.3 is 0 Å². The van der Waals surface area contributed by atoms with Crippen molar-refractivity contribution in [3.63, 3.8) is 0 Å². The van der Waals surface area contributed by atoms with E-state index in [2.05, 4.69) is 5.32 Å². The number of amides is 2. The summed E-state index contributed by atoms with van der Waals surface area (Å²) in [4.78, 5) is 26.5. The Kier molecular flexibility index (Phi) is 4.23. The van der Waals surface area contributed by atoms with E-state index in [-0.39, 0.29) is 11.8 Å². The second-order valence-electron chi connectivity index (χ2n) is 5.44. The molecule has 0 bridgehead atoms. The number of hydrogen-bond acceptors (Lipinski definition) is 3. The third-order valence-electron chi connectivity index (χ3n) is 3.91. The molecule has 1 aromatic heterocycles. The first kappa shape index (κ1) is 15.0. The van der Waals surface area contributed by atoms with E-state index in [0.29, 0.717) is 29.8 Å². The fraction of sp³-hybridized carbons (Fsp3) is 0.235. The van der Waals surface area contributed by atoms with Crippen LogP contribution in [0.4, 0.5) is 0 Å². The van der Waals surface area contributed by atoms with Crippen LogP contribution in [0.2, 0.25) is 0 Å². The van der Waals surface area contributed by atoms with Crippen molar-refractivity contribution >= 4 is 11.8 Å². The van der Waals surface area contributed by atoms with Crippen LogP contribution in [0.1, 0.15) is 15.9 Å². The molecule has 1 saturated heterocycles. The maximum absolute atomic E-state index is 12.7. The van der Waals surface area contributed by atoms with Gasteiger partial charge in [-0.05, 0) is 5.56 Å². The lowest BCUT2D eigenvalue weighted by Crippen LogP contribution is -2.58. The average Bonchev–Trinajstić information content (AvgIpc) is 2.58. The number of aromatic nitrogens is 1. The number of benzene rings is 1. The topological polar surface area (TPSA) is 76.4 Å². The molecule has 2 heterocycles. The molecule has 0 unspecified atom stereocenters. The van der Waals surface area contributed by atoms with Gasteiger partial charge in [-0.15, -0.1) is 0 Å². The van der Waals surface area contributed by atoms with Crippen LogP contribution in [0.25, 0.3) is 0 Å². The van der Waals surface area contributed by atoms with Crippen molar-refractivity contribution in [1.82, 2.24) is 10.2 Å². The van der Waals surface area contributed by atoms with E-state index in [1.54, 1.807) is 4.90 Å². The molecule has 1 atom stereocenters. The minimum absolute atomic E-state index is 0.150. The van der Waals surface area contributed by atoms with Crippen molar-refractivity contribution in [3.05, 3.63) is 71.2 Å². The second-order valence-corrected chi connectivity index (χ2v) is 5.44. The lowest BCUT2D eigenvalue weighted by atomic mass is 10.0. The van der Waals surface area contributed by atoms with Gasteiger partial charge in [0.1, 0.15) is 6.04 Å². The van der Waals surface area contributed by atoms with Crippen molar-refractivity contribution in [2.45, 2.75) is 12.5 Å². The Morgan fingerprint density at radius 1 is 1.22 bits per heavy atom. The lowest BCUT2D eigenvalue weighted by Gasteiger charge is -2.35. The van der Waals surface area contributed by atoms with Crippen LogP contribution >= 0.6 is 0 Å². The molecule has 23 heavy (non-hydrogen) atoms. The Morgan fingerprint density at radius 2 is 1.91 bits per heavy atom. The summed E-state index contributed by atoms with van der Waals surface area (Å²) in [6, 6.07) is 12.0. The first-order chi connectivity index (χ1) is 11.1. The van der Waals surface area contributed by atoms with Crippen molar-refractivity contribution in [2.75, 3.05) is 13.1 Å². The Balaban J connectivity index is 1.84. The molecule has 0 spiro atoms. The van der Waals surface area contributed by atoms with Gasteiger partial charge in [0.15, 0.2) is 12.4 Å². The van der Waals surface area contributed by atoms with Gasteiger partial charge in [-0.2, -0.15) is 4.73 Å². The Bertz CT molecular complexity index is 701.